The van der Waals surface area contributed by atoms with Crippen molar-refractivity contribution in [3.8, 4) is 5.75 Å². The molecular weight excluding hydrogens is 468 g/mol. The maximum Gasteiger partial charge on any atom is 0.323 e. The van der Waals surface area contributed by atoms with E-state index in [1.807, 2.05) is 80.6 Å². The quantitative estimate of drug-likeness (QED) is 0.336. The van der Waals surface area contributed by atoms with Gasteiger partial charge in [0.25, 0.3) is 5.56 Å². The van der Waals surface area contributed by atoms with Crippen molar-refractivity contribution in [1.82, 2.24) is 14.5 Å². The van der Waals surface area contributed by atoms with E-state index in [4.69, 9.17) is 14.5 Å². The van der Waals surface area contributed by atoms with E-state index in [0.29, 0.717) is 23.6 Å². The number of aryl methyl sites for hydroxylation is 1. The third-order valence-electron chi connectivity index (χ3n) is 6.33. The van der Waals surface area contributed by atoms with Crippen LogP contribution in [0.1, 0.15) is 37.2 Å². The molecule has 1 unspecified atom stereocenters. The summed E-state index contributed by atoms with van der Waals surface area (Å²) < 4.78 is 12.8. The molecule has 8 heteroatoms. The highest BCUT2D eigenvalue weighted by Crippen LogP contribution is 2.32. The summed E-state index contributed by atoms with van der Waals surface area (Å²) in [7, 11) is 3.31. The first-order valence-corrected chi connectivity index (χ1v) is 12.3. The van der Waals surface area contributed by atoms with Crippen LogP contribution in [0.25, 0.3) is 11.0 Å². The monoisotopic (exact) mass is 500 g/mol. The van der Waals surface area contributed by atoms with E-state index in [1.54, 1.807) is 35.8 Å². The summed E-state index contributed by atoms with van der Waals surface area (Å²) in [5.41, 5.74) is 2.82. The second-order valence-corrected chi connectivity index (χ2v) is 8.67. The van der Waals surface area contributed by atoms with Crippen molar-refractivity contribution in [1.29, 1.82) is 0 Å². The number of anilines is 1. The zero-order valence-corrected chi connectivity index (χ0v) is 21.5. The van der Waals surface area contributed by atoms with Gasteiger partial charge >= 0.3 is 6.03 Å². The summed E-state index contributed by atoms with van der Waals surface area (Å²) in [5.74, 6) is 0.564. The Bertz CT molecular complexity index is 1420. The number of hydrogen-bond acceptors (Lipinski definition) is 5. The second-order valence-electron chi connectivity index (χ2n) is 8.67. The Morgan fingerprint density at radius 3 is 2.43 bits per heavy atom. The molecule has 37 heavy (non-hydrogen) atoms. The van der Waals surface area contributed by atoms with Crippen molar-refractivity contribution < 1.29 is 14.3 Å². The highest BCUT2D eigenvalue weighted by molar-refractivity contribution is 5.91. The minimum atomic E-state index is -0.678. The maximum atomic E-state index is 14.0. The third kappa shape index (κ3) is 5.49. The number of urea groups is 1. The molecule has 8 nitrogen and oxygen atoms in total. The van der Waals surface area contributed by atoms with Crippen LogP contribution in [0, 0.1) is 0 Å². The number of amides is 2. The van der Waals surface area contributed by atoms with Crippen molar-refractivity contribution in [2.75, 3.05) is 25.6 Å². The van der Waals surface area contributed by atoms with Gasteiger partial charge in [0.05, 0.1) is 42.0 Å². The number of nitrogens with one attached hydrogen (secondary N) is 1. The Morgan fingerprint density at radius 2 is 1.70 bits per heavy atom. The lowest BCUT2D eigenvalue weighted by molar-refractivity contribution is 0.0885. The lowest BCUT2D eigenvalue weighted by atomic mass is 10.0. The largest absolute Gasteiger partial charge is 0.492 e. The molecule has 0 bridgehead atoms. The summed E-state index contributed by atoms with van der Waals surface area (Å²) in [6.45, 7) is 4.39. The molecule has 2 atom stereocenters. The zero-order chi connectivity index (χ0) is 26.4. The number of para-hydroxylation sites is 4. The van der Waals surface area contributed by atoms with Crippen LogP contribution in [0.15, 0.2) is 83.7 Å². The van der Waals surface area contributed by atoms with E-state index in [0.717, 1.165) is 11.1 Å². The second kappa shape index (κ2) is 11.7. The molecule has 0 aliphatic carbocycles. The SMILES string of the molecule is CCOc1ccccc1NC(=O)N(C(COC)c1ccccc1)[C@@H](C)c1nc2ccccc2n(C)c1=O. The molecule has 1 heterocycles. The van der Waals surface area contributed by atoms with Gasteiger partial charge in [-0.2, -0.15) is 0 Å². The minimum Gasteiger partial charge on any atom is -0.492 e. The first-order chi connectivity index (χ1) is 18.0. The fraction of sp³-hybridized carbons (Fsp3) is 0.276. The van der Waals surface area contributed by atoms with Gasteiger partial charge in [-0.25, -0.2) is 9.78 Å². The van der Waals surface area contributed by atoms with Crippen molar-refractivity contribution in [3.63, 3.8) is 0 Å². The van der Waals surface area contributed by atoms with Gasteiger partial charge < -0.3 is 24.3 Å². The average Bonchev–Trinajstić information content (AvgIpc) is 2.92. The molecular formula is C29H32N4O4. The van der Waals surface area contributed by atoms with Crippen molar-refractivity contribution >= 4 is 22.8 Å². The van der Waals surface area contributed by atoms with E-state index >= 15 is 0 Å². The summed E-state index contributed by atoms with van der Waals surface area (Å²) in [6.07, 6.45) is 0. The fourth-order valence-corrected chi connectivity index (χ4v) is 4.49. The van der Waals surface area contributed by atoms with E-state index in [1.165, 1.54) is 0 Å². The average molecular weight is 501 g/mol. The zero-order valence-electron chi connectivity index (χ0n) is 21.5. The van der Waals surface area contributed by atoms with Gasteiger partial charge in [-0.1, -0.05) is 54.6 Å². The van der Waals surface area contributed by atoms with E-state index in [9.17, 15) is 9.59 Å². The predicted octanol–water partition coefficient (Wildman–Crippen LogP) is 5.32. The number of carbonyl (C=O) groups is 1. The molecule has 1 aromatic heterocycles. The standard InChI is InChI=1S/C29H32N4O4/c1-5-37-26-18-12-10-16-23(26)31-29(35)33(25(19-36-4)21-13-7-6-8-14-21)20(2)27-28(34)32(3)24-17-11-9-15-22(24)30-27/h6-18,20,25H,5,19H2,1-4H3,(H,31,35)/t20-,25?/m0/s1. The van der Waals surface area contributed by atoms with Crippen LogP contribution < -0.4 is 15.6 Å². The van der Waals surface area contributed by atoms with Gasteiger partial charge in [0, 0.05) is 14.2 Å². The van der Waals surface area contributed by atoms with Gasteiger partial charge in [-0.05, 0) is 43.7 Å². The van der Waals surface area contributed by atoms with E-state index in [2.05, 4.69) is 5.32 Å². The molecule has 2 amide bonds. The van der Waals surface area contributed by atoms with Gasteiger partial charge in [0.2, 0.25) is 0 Å². The van der Waals surface area contributed by atoms with Crippen LogP contribution in [0.5, 0.6) is 5.75 Å². The van der Waals surface area contributed by atoms with E-state index in [-0.39, 0.29) is 17.9 Å². The molecule has 0 saturated heterocycles. The molecule has 192 valence electrons. The molecule has 0 saturated carbocycles. The molecule has 0 radical (unpaired) electrons. The van der Waals surface area contributed by atoms with Crippen LogP contribution in [-0.2, 0) is 11.8 Å². The highest BCUT2D eigenvalue weighted by Gasteiger charge is 2.33. The van der Waals surface area contributed by atoms with Crippen molar-refractivity contribution in [3.05, 3.63) is 100 Å². The fourth-order valence-electron chi connectivity index (χ4n) is 4.49. The van der Waals surface area contributed by atoms with E-state index < -0.39 is 18.1 Å². The highest BCUT2D eigenvalue weighted by atomic mass is 16.5. The number of nitrogens with zero attached hydrogens (tertiary/aromatic N) is 3. The molecule has 0 spiro atoms. The number of benzene rings is 3. The summed E-state index contributed by atoms with van der Waals surface area (Å²) in [6, 6.07) is 22.8. The Hall–Kier alpha value is -4.17. The van der Waals surface area contributed by atoms with Crippen LogP contribution in [0.2, 0.25) is 0 Å². The number of aromatic nitrogens is 2. The van der Waals surface area contributed by atoms with Crippen LogP contribution in [0.4, 0.5) is 10.5 Å². The molecule has 4 rings (SSSR count). The molecule has 1 N–H and O–H groups in total. The number of carbonyl (C=O) groups excluding carboxylic acids is 1. The number of hydrogen-bond donors (Lipinski definition) is 1. The van der Waals surface area contributed by atoms with Crippen molar-refractivity contribution in [2.45, 2.75) is 25.9 Å². The maximum absolute atomic E-state index is 14.0. The smallest absolute Gasteiger partial charge is 0.323 e. The van der Waals surface area contributed by atoms with Gasteiger partial charge in [-0.3, -0.25) is 4.79 Å². The Morgan fingerprint density at radius 1 is 1.03 bits per heavy atom. The molecule has 0 fully saturated rings. The number of methoxy groups -OCH3 is 1. The van der Waals surface area contributed by atoms with Gasteiger partial charge in [-0.15, -0.1) is 0 Å². The Balaban J connectivity index is 1.83. The lowest BCUT2D eigenvalue weighted by Crippen LogP contribution is -2.44. The minimum absolute atomic E-state index is 0.225. The first-order valence-electron chi connectivity index (χ1n) is 12.3. The third-order valence-corrected chi connectivity index (χ3v) is 6.33. The van der Waals surface area contributed by atoms with Gasteiger partial charge in [0.1, 0.15) is 11.4 Å². The van der Waals surface area contributed by atoms with Crippen LogP contribution >= 0.6 is 0 Å². The lowest BCUT2D eigenvalue weighted by Gasteiger charge is -2.36. The molecule has 3 aromatic carbocycles. The number of ether oxygens (including phenoxy) is 2. The van der Waals surface area contributed by atoms with Crippen LogP contribution in [-0.4, -0.2) is 40.8 Å². The molecule has 4 aromatic rings. The summed E-state index contributed by atoms with van der Waals surface area (Å²) in [5, 5.41) is 3.00. The predicted molar refractivity (Wildman–Crippen MR) is 145 cm³/mol. The van der Waals surface area contributed by atoms with Crippen molar-refractivity contribution in [2.24, 2.45) is 7.05 Å². The van der Waals surface area contributed by atoms with Crippen LogP contribution in [0.3, 0.4) is 0 Å². The number of rotatable bonds is 9. The number of fused-ring (bicyclic) bond motifs is 1. The first kappa shape index (κ1) is 25.9. The molecule has 0 aliphatic rings. The van der Waals surface area contributed by atoms with Gasteiger partial charge in [0.15, 0.2) is 0 Å². The Kier molecular flexibility index (Phi) is 8.20. The topological polar surface area (TPSA) is 85.7 Å². The Labute approximate surface area is 216 Å². The molecule has 0 aliphatic heterocycles. The summed E-state index contributed by atoms with van der Waals surface area (Å²) in [4.78, 5) is 33.8. The normalized spacial score (nSPS) is 12.6. The summed E-state index contributed by atoms with van der Waals surface area (Å²) >= 11 is 0.